The van der Waals surface area contributed by atoms with Gasteiger partial charge in [-0.05, 0) is 12.1 Å². The lowest BCUT2D eigenvalue weighted by Gasteiger charge is -2.02. The Balaban J connectivity index is 0.000000240. The molecule has 0 saturated carbocycles. The first-order valence-electron chi connectivity index (χ1n) is 6.01. The summed E-state index contributed by atoms with van der Waals surface area (Å²) in [5.74, 6) is -6.51. The van der Waals surface area contributed by atoms with E-state index in [-0.39, 0.29) is 5.56 Å². The van der Waals surface area contributed by atoms with Gasteiger partial charge in [-0.3, -0.25) is 0 Å². The second-order valence-corrected chi connectivity index (χ2v) is 4.33. The van der Waals surface area contributed by atoms with Gasteiger partial charge >= 0.3 is 11.9 Å². The zero-order valence-corrected chi connectivity index (χ0v) is 11.7. The Bertz CT molecular complexity index is 750. The molecular formula is C14H12O10. The van der Waals surface area contributed by atoms with Crippen molar-refractivity contribution in [1.29, 1.82) is 0 Å². The first-order valence-corrected chi connectivity index (χ1v) is 6.01. The van der Waals surface area contributed by atoms with Crippen LogP contribution in [0.1, 0.15) is 20.7 Å². The summed E-state index contributed by atoms with van der Waals surface area (Å²) in [6, 6.07) is 3.36. The number of phenolic OH excluding ortho intramolecular Hbond substituents is 4. The second-order valence-electron chi connectivity index (χ2n) is 4.33. The maximum absolute atomic E-state index is 10.4. The molecule has 0 aromatic heterocycles. The zero-order chi connectivity index (χ0) is 18.6. The summed E-state index contributed by atoms with van der Waals surface area (Å²) in [4.78, 5) is 20.7. The third-order valence-corrected chi connectivity index (χ3v) is 2.61. The molecule has 10 nitrogen and oxygen atoms in total. The minimum atomic E-state index is -1.45. The van der Waals surface area contributed by atoms with Crippen molar-refractivity contribution in [2.75, 3.05) is 0 Å². The molecule has 0 atom stereocenters. The molecule has 0 spiro atoms. The molecule has 0 aliphatic carbocycles. The number of carboxylic acids is 2. The van der Waals surface area contributed by atoms with Crippen LogP contribution in [0.3, 0.4) is 0 Å². The lowest BCUT2D eigenvalue weighted by Crippen LogP contribution is -1.96. The fourth-order valence-electron chi connectivity index (χ4n) is 1.54. The van der Waals surface area contributed by atoms with Gasteiger partial charge in [0.25, 0.3) is 0 Å². The fraction of sp³-hybridized carbons (Fsp3) is 0. The highest BCUT2D eigenvalue weighted by Crippen LogP contribution is 2.35. The number of aromatic carboxylic acids is 2. The van der Waals surface area contributed by atoms with Crippen molar-refractivity contribution in [3.05, 3.63) is 35.4 Å². The molecule has 128 valence electrons. The maximum atomic E-state index is 10.4. The molecule has 2 aromatic carbocycles. The van der Waals surface area contributed by atoms with E-state index in [0.29, 0.717) is 0 Å². The van der Waals surface area contributed by atoms with Crippen LogP contribution in [0, 0.1) is 0 Å². The van der Waals surface area contributed by atoms with Crippen LogP contribution in [0.4, 0.5) is 0 Å². The van der Waals surface area contributed by atoms with Crippen LogP contribution in [0.5, 0.6) is 34.5 Å². The predicted octanol–water partition coefficient (Wildman–Crippen LogP) is 1.00. The minimum absolute atomic E-state index is 0.289. The van der Waals surface area contributed by atoms with Gasteiger partial charge in [0.05, 0.1) is 5.56 Å². The topological polar surface area (TPSA) is 196 Å². The molecular weight excluding hydrogens is 328 g/mol. The Morgan fingerprint density at radius 2 is 1.04 bits per heavy atom. The van der Waals surface area contributed by atoms with Crippen molar-refractivity contribution in [1.82, 2.24) is 0 Å². The lowest BCUT2D eigenvalue weighted by molar-refractivity contribution is 0.0681. The minimum Gasteiger partial charge on any atom is -0.508 e. The highest BCUT2D eigenvalue weighted by atomic mass is 16.4. The van der Waals surface area contributed by atoms with Crippen LogP contribution in [-0.4, -0.2) is 52.8 Å². The number of aromatic hydroxyl groups is 6. The monoisotopic (exact) mass is 340 g/mol. The molecule has 24 heavy (non-hydrogen) atoms. The number of carboxylic acid groups (broad SMARTS) is 2. The Kier molecular flexibility index (Phi) is 5.29. The average molecular weight is 340 g/mol. The van der Waals surface area contributed by atoms with Crippen LogP contribution >= 0.6 is 0 Å². The van der Waals surface area contributed by atoms with Crippen molar-refractivity contribution < 1.29 is 50.4 Å². The first kappa shape index (κ1) is 18.2. The standard InChI is InChI=1S/2C7H6O5/c8-3-1-4(9)6(7(11)12)5(10)2-3;8-4-1-3(7(11)12)2-5(9)6(4)10/h2*1-2,8-10H,(H,11,12). The van der Waals surface area contributed by atoms with E-state index in [1.54, 1.807) is 0 Å². The van der Waals surface area contributed by atoms with Crippen LogP contribution in [0.15, 0.2) is 24.3 Å². The lowest BCUT2D eigenvalue weighted by atomic mass is 10.1. The highest BCUT2D eigenvalue weighted by Gasteiger charge is 2.16. The average Bonchev–Trinajstić information content (AvgIpc) is 2.43. The molecule has 2 rings (SSSR count). The smallest absolute Gasteiger partial charge is 0.343 e. The highest BCUT2D eigenvalue weighted by molar-refractivity contribution is 5.94. The van der Waals surface area contributed by atoms with E-state index in [1.165, 1.54) is 0 Å². The Morgan fingerprint density at radius 3 is 1.38 bits per heavy atom. The van der Waals surface area contributed by atoms with Crippen molar-refractivity contribution in [3.8, 4) is 34.5 Å². The van der Waals surface area contributed by atoms with Gasteiger partial charge in [0.2, 0.25) is 0 Å². The van der Waals surface area contributed by atoms with Gasteiger partial charge in [0.1, 0.15) is 22.8 Å². The zero-order valence-electron chi connectivity index (χ0n) is 11.7. The Labute approximate surface area is 133 Å². The quantitative estimate of drug-likeness (QED) is 0.365. The molecule has 0 aliphatic heterocycles. The second kappa shape index (κ2) is 6.96. The van der Waals surface area contributed by atoms with Gasteiger partial charge in [-0.15, -0.1) is 0 Å². The third kappa shape index (κ3) is 4.10. The van der Waals surface area contributed by atoms with E-state index in [0.717, 1.165) is 24.3 Å². The van der Waals surface area contributed by atoms with Gasteiger partial charge in [0.15, 0.2) is 17.2 Å². The summed E-state index contributed by atoms with van der Waals surface area (Å²) in [5, 5.41) is 70.1. The summed E-state index contributed by atoms with van der Waals surface area (Å²) in [6.07, 6.45) is 0. The summed E-state index contributed by atoms with van der Waals surface area (Å²) in [5.41, 5.74) is -0.907. The molecule has 0 bridgehead atoms. The van der Waals surface area contributed by atoms with E-state index >= 15 is 0 Å². The maximum Gasteiger partial charge on any atom is 0.343 e. The number of hydrogen-bond donors (Lipinski definition) is 8. The molecule has 0 amide bonds. The Hall–Kier alpha value is -3.82. The van der Waals surface area contributed by atoms with E-state index < -0.39 is 52.0 Å². The molecule has 0 aliphatic rings. The van der Waals surface area contributed by atoms with Crippen LogP contribution in [0.2, 0.25) is 0 Å². The Morgan fingerprint density at radius 1 is 0.625 bits per heavy atom. The molecule has 2 aromatic rings. The van der Waals surface area contributed by atoms with Crippen molar-refractivity contribution in [2.45, 2.75) is 0 Å². The van der Waals surface area contributed by atoms with Crippen molar-refractivity contribution >= 4 is 11.9 Å². The van der Waals surface area contributed by atoms with Crippen LogP contribution in [0.25, 0.3) is 0 Å². The molecule has 8 N–H and O–H groups in total. The van der Waals surface area contributed by atoms with Gasteiger partial charge in [-0.1, -0.05) is 0 Å². The van der Waals surface area contributed by atoms with Gasteiger partial charge < -0.3 is 40.9 Å². The van der Waals surface area contributed by atoms with Gasteiger partial charge in [-0.25, -0.2) is 9.59 Å². The van der Waals surface area contributed by atoms with E-state index in [9.17, 15) is 9.59 Å². The van der Waals surface area contributed by atoms with E-state index in [1.807, 2.05) is 0 Å². The molecule has 0 unspecified atom stereocenters. The first-order chi connectivity index (χ1) is 11.0. The third-order valence-electron chi connectivity index (χ3n) is 2.61. The number of carbonyl (C=O) groups is 2. The van der Waals surface area contributed by atoms with Crippen molar-refractivity contribution in [2.24, 2.45) is 0 Å². The summed E-state index contributed by atoms with van der Waals surface area (Å²) < 4.78 is 0. The molecule has 10 heteroatoms. The van der Waals surface area contributed by atoms with E-state index in [2.05, 4.69) is 0 Å². The van der Waals surface area contributed by atoms with Gasteiger partial charge in [-0.2, -0.15) is 0 Å². The number of rotatable bonds is 2. The van der Waals surface area contributed by atoms with Crippen molar-refractivity contribution in [3.63, 3.8) is 0 Å². The number of hydrogen-bond acceptors (Lipinski definition) is 8. The molecule has 0 heterocycles. The van der Waals surface area contributed by atoms with Crippen LogP contribution in [-0.2, 0) is 0 Å². The summed E-state index contributed by atoms with van der Waals surface area (Å²) in [7, 11) is 0. The fourth-order valence-corrected chi connectivity index (χ4v) is 1.54. The molecule has 0 saturated heterocycles. The number of phenols is 6. The summed E-state index contributed by atoms with van der Waals surface area (Å²) >= 11 is 0. The van der Waals surface area contributed by atoms with Crippen LogP contribution < -0.4 is 0 Å². The molecule has 0 radical (unpaired) electrons. The summed E-state index contributed by atoms with van der Waals surface area (Å²) in [6.45, 7) is 0. The number of benzene rings is 2. The normalized spacial score (nSPS) is 9.67. The van der Waals surface area contributed by atoms with E-state index in [4.69, 9.17) is 40.9 Å². The SMILES string of the molecule is O=C(O)c1c(O)cc(O)cc1O.O=C(O)c1cc(O)c(O)c(O)c1. The predicted molar refractivity (Wildman–Crippen MR) is 76.8 cm³/mol. The van der Waals surface area contributed by atoms with Gasteiger partial charge in [0, 0.05) is 12.1 Å². The largest absolute Gasteiger partial charge is 0.508 e. The molecule has 0 fully saturated rings.